The fourth-order valence-corrected chi connectivity index (χ4v) is 3.92. The van der Waals surface area contributed by atoms with E-state index in [1.165, 1.54) is 19.3 Å². The van der Waals surface area contributed by atoms with Crippen LogP contribution in [0.5, 0.6) is 0 Å². The predicted octanol–water partition coefficient (Wildman–Crippen LogP) is 2.73. The zero-order valence-corrected chi connectivity index (χ0v) is 10.4. The molecule has 3 atom stereocenters. The van der Waals surface area contributed by atoms with Gasteiger partial charge in [0.25, 0.3) is 0 Å². The van der Waals surface area contributed by atoms with Gasteiger partial charge in [-0.3, -0.25) is 4.79 Å². The van der Waals surface area contributed by atoms with Crippen LogP contribution in [0.4, 0.5) is 0 Å². The van der Waals surface area contributed by atoms with Crippen molar-refractivity contribution in [3.63, 3.8) is 0 Å². The van der Waals surface area contributed by atoms with E-state index >= 15 is 0 Å². The van der Waals surface area contributed by atoms with E-state index in [1.54, 1.807) is 0 Å². The Bertz CT molecular complexity index is 284. The lowest BCUT2D eigenvalue weighted by atomic mass is 9.55. The van der Waals surface area contributed by atoms with Crippen LogP contribution in [0.15, 0.2) is 0 Å². The lowest BCUT2D eigenvalue weighted by molar-refractivity contribution is -0.120. The topological polar surface area (TPSA) is 29.1 Å². The molecule has 1 N–H and O–H groups in total. The van der Waals surface area contributed by atoms with E-state index in [9.17, 15) is 4.79 Å². The summed E-state index contributed by atoms with van der Waals surface area (Å²) in [5.41, 5.74) is 0.194. The molecule has 2 aliphatic rings. The number of amides is 1. The Morgan fingerprint density at radius 3 is 2.53 bits per heavy atom. The van der Waals surface area contributed by atoms with Gasteiger partial charge in [0.2, 0.25) is 5.91 Å². The highest BCUT2D eigenvalue weighted by Crippen LogP contribution is 2.55. The summed E-state index contributed by atoms with van der Waals surface area (Å²) >= 11 is 0. The van der Waals surface area contributed by atoms with Crippen LogP contribution in [0.1, 0.15) is 53.4 Å². The molecule has 15 heavy (non-hydrogen) atoms. The van der Waals surface area contributed by atoms with E-state index in [2.05, 4.69) is 33.0 Å². The smallest absolute Gasteiger partial charge is 0.221 e. The number of rotatable bonds is 0. The van der Waals surface area contributed by atoms with Crippen LogP contribution in [0.3, 0.4) is 0 Å². The van der Waals surface area contributed by atoms with Gasteiger partial charge in [-0.25, -0.2) is 0 Å². The van der Waals surface area contributed by atoms with Crippen LogP contribution < -0.4 is 5.32 Å². The molecule has 0 bridgehead atoms. The van der Waals surface area contributed by atoms with Gasteiger partial charge in [0.15, 0.2) is 0 Å². The molecule has 1 spiro atoms. The van der Waals surface area contributed by atoms with Gasteiger partial charge in [-0.05, 0) is 32.1 Å². The van der Waals surface area contributed by atoms with Crippen LogP contribution in [-0.2, 0) is 4.79 Å². The fourth-order valence-electron chi connectivity index (χ4n) is 3.92. The molecule has 1 heterocycles. The van der Waals surface area contributed by atoms with Gasteiger partial charge >= 0.3 is 0 Å². The van der Waals surface area contributed by atoms with Crippen molar-refractivity contribution in [1.29, 1.82) is 0 Å². The largest absolute Gasteiger partial charge is 0.351 e. The highest BCUT2D eigenvalue weighted by molar-refractivity contribution is 5.81. The molecule has 1 aliphatic carbocycles. The summed E-state index contributed by atoms with van der Waals surface area (Å²) in [4.78, 5) is 11.7. The highest BCUT2D eigenvalue weighted by atomic mass is 16.2. The predicted molar refractivity (Wildman–Crippen MR) is 61.5 cm³/mol. The number of hydrogen-bond acceptors (Lipinski definition) is 1. The minimum Gasteiger partial charge on any atom is -0.351 e. The van der Waals surface area contributed by atoms with E-state index in [1.807, 2.05) is 0 Å². The zero-order chi connectivity index (χ0) is 11.3. The van der Waals surface area contributed by atoms with Crippen LogP contribution in [0.25, 0.3) is 0 Å². The molecular formula is C13H23NO. The normalized spacial score (nSPS) is 44.4. The molecule has 0 aromatic heterocycles. The molecule has 1 amide bonds. The van der Waals surface area contributed by atoms with Gasteiger partial charge in [-0.15, -0.1) is 0 Å². The SMILES string of the molecule is CC1CCCC2(CC(=O)NC2(C)C)C1C. The van der Waals surface area contributed by atoms with Crippen LogP contribution in [0.2, 0.25) is 0 Å². The monoisotopic (exact) mass is 209 g/mol. The summed E-state index contributed by atoms with van der Waals surface area (Å²) in [6.45, 7) is 9.08. The van der Waals surface area contributed by atoms with E-state index in [4.69, 9.17) is 0 Å². The van der Waals surface area contributed by atoms with Crippen molar-refractivity contribution < 1.29 is 4.79 Å². The summed E-state index contributed by atoms with van der Waals surface area (Å²) < 4.78 is 0. The summed E-state index contributed by atoms with van der Waals surface area (Å²) in [6, 6.07) is 0. The number of hydrogen-bond donors (Lipinski definition) is 1. The standard InChI is InChI=1S/C13H23NO/c1-9-6-5-7-13(10(9)2)8-11(15)14-12(13,3)4/h9-10H,5-8H2,1-4H3,(H,14,15). The first-order valence-electron chi connectivity index (χ1n) is 6.20. The minimum atomic E-state index is -0.0157. The first kappa shape index (κ1) is 11.0. The number of nitrogens with one attached hydrogen (secondary N) is 1. The molecule has 0 aromatic carbocycles. The molecule has 1 saturated carbocycles. The second-order valence-electron chi connectivity index (χ2n) is 6.16. The maximum absolute atomic E-state index is 11.7. The van der Waals surface area contributed by atoms with Gasteiger partial charge in [0, 0.05) is 17.4 Å². The molecule has 2 nitrogen and oxygen atoms in total. The molecule has 0 radical (unpaired) electrons. The van der Waals surface area contributed by atoms with Crippen LogP contribution in [-0.4, -0.2) is 11.4 Å². The second-order valence-corrected chi connectivity index (χ2v) is 6.16. The first-order chi connectivity index (χ1) is 6.89. The summed E-state index contributed by atoms with van der Waals surface area (Å²) in [7, 11) is 0. The third-order valence-electron chi connectivity index (χ3n) is 5.18. The van der Waals surface area contributed by atoms with Crippen molar-refractivity contribution in [3.8, 4) is 0 Å². The molecule has 1 saturated heterocycles. The van der Waals surface area contributed by atoms with E-state index in [-0.39, 0.29) is 16.9 Å². The van der Waals surface area contributed by atoms with Crippen molar-refractivity contribution in [1.82, 2.24) is 5.32 Å². The van der Waals surface area contributed by atoms with Gasteiger partial charge in [-0.1, -0.05) is 26.7 Å². The van der Waals surface area contributed by atoms with Crippen molar-refractivity contribution in [2.75, 3.05) is 0 Å². The maximum atomic E-state index is 11.7. The third-order valence-corrected chi connectivity index (χ3v) is 5.18. The summed E-state index contributed by atoms with van der Waals surface area (Å²) in [5, 5.41) is 3.17. The summed E-state index contributed by atoms with van der Waals surface area (Å²) in [6.07, 6.45) is 4.56. The van der Waals surface area contributed by atoms with E-state index < -0.39 is 0 Å². The molecule has 2 heteroatoms. The van der Waals surface area contributed by atoms with Crippen molar-refractivity contribution >= 4 is 5.91 Å². The summed E-state index contributed by atoms with van der Waals surface area (Å²) in [5.74, 6) is 1.66. The quantitative estimate of drug-likeness (QED) is 0.653. The Kier molecular flexibility index (Phi) is 2.36. The number of carbonyl (C=O) groups is 1. The second kappa shape index (κ2) is 3.23. The Labute approximate surface area is 92.8 Å². The highest BCUT2D eigenvalue weighted by Gasteiger charge is 2.57. The molecule has 2 rings (SSSR count). The Balaban J connectivity index is 2.35. The molecular weight excluding hydrogens is 186 g/mol. The van der Waals surface area contributed by atoms with E-state index in [0.29, 0.717) is 5.92 Å². The molecule has 0 aromatic rings. The average molecular weight is 209 g/mol. The Morgan fingerprint density at radius 1 is 1.33 bits per heavy atom. The Hall–Kier alpha value is -0.530. The van der Waals surface area contributed by atoms with Gasteiger partial charge in [-0.2, -0.15) is 0 Å². The Morgan fingerprint density at radius 2 is 2.00 bits per heavy atom. The lowest BCUT2D eigenvalue weighted by Gasteiger charge is -2.50. The fraction of sp³-hybridized carbons (Fsp3) is 0.923. The minimum absolute atomic E-state index is 0.0157. The zero-order valence-electron chi connectivity index (χ0n) is 10.4. The maximum Gasteiger partial charge on any atom is 0.221 e. The van der Waals surface area contributed by atoms with Crippen molar-refractivity contribution in [2.45, 2.75) is 58.9 Å². The van der Waals surface area contributed by atoms with Crippen molar-refractivity contribution in [2.24, 2.45) is 17.3 Å². The first-order valence-corrected chi connectivity index (χ1v) is 6.20. The molecule has 3 unspecified atom stereocenters. The van der Waals surface area contributed by atoms with Gasteiger partial charge in [0.05, 0.1) is 0 Å². The average Bonchev–Trinajstić information content (AvgIpc) is 2.33. The van der Waals surface area contributed by atoms with Crippen LogP contribution >= 0.6 is 0 Å². The molecule has 1 aliphatic heterocycles. The van der Waals surface area contributed by atoms with Gasteiger partial charge in [0.1, 0.15) is 0 Å². The van der Waals surface area contributed by atoms with E-state index in [0.717, 1.165) is 12.3 Å². The molecule has 86 valence electrons. The lowest BCUT2D eigenvalue weighted by Crippen LogP contribution is -2.53. The van der Waals surface area contributed by atoms with Crippen molar-refractivity contribution in [3.05, 3.63) is 0 Å². The van der Waals surface area contributed by atoms with Gasteiger partial charge < -0.3 is 5.32 Å². The molecule has 2 fully saturated rings. The number of carbonyl (C=O) groups excluding carboxylic acids is 1. The third kappa shape index (κ3) is 1.41. The van der Waals surface area contributed by atoms with Crippen LogP contribution in [0, 0.1) is 17.3 Å².